The number of piperidine rings is 1. The minimum atomic E-state index is -3.85. The molecule has 2 heterocycles. The van der Waals surface area contributed by atoms with Gasteiger partial charge in [-0.05, 0) is 45.2 Å². The summed E-state index contributed by atoms with van der Waals surface area (Å²) >= 11 is 0.964. The molecule has 2 unspecified atom stereocenters. The number of fused-ring (bicyclic) bond motifs is 1. The molecule has 3 rings (SSSR count). The number of rotatable bonds is 4. The third-order valence-corrected chi connectivity index (χ3v) is 6.44. The maximum Gasteiger partial charge on any atom is 0.243 e. The fourth-order valence-electron chi connectivity index (χ4n) is 3.02. The number of carbonyl (C=O) groups is 1. The molecule has 1 fully saturated rings. The summed E-state index contributed by atoms with van der Waals surface area (Å²) in [6.45, 7) is 4.26. The highest BCUT2D eigenvalue weighted by molar-refractivity contribution is 7.89. The van der Waals surface area contributed by atoms with E-state index in [0.717, 1.165) is 31.0 Å². The van der Waals surface area contributed by atoms with Crippen LogP contribution in [0, 0.1) is 0 Å². The lowest BCUT2D eigenvalue weighted by Gasteiger charge is -2.35. The predicted octanol–water partition coefficient (Wildman–Crippen LogP) is 1.76. The summed E-state index contributed by atoms with van der Waals surface area (Å²) in [5.41, 5.74) is 0.868. The first-order valence-electron chi connectivity index (χ1n) is 7.94. The molecular formula is C15H20N4O3S2. The van der Waals surface area contributed by atoms with Gasteiger partial charge in [-0.2, -0.15) is 13.5 Å². The normalized spacial score (nSPS) is 20.2. The van der Waals surface area contributed by atoms with Gasteiger partial charge in [0.1, 0.15) is 15.9 Å². The van der Waals surface area contributed by atoms with E-state index in [4.69, 9.17) is 0 Å². The van der Waals surface area contributed by atoms with E-state index in [1.807, 2.05) is 6.92 Å². The van der Waals surface area contributed by atoms with Crippen molar-refractivity contribution in [2.24, 2.45) is 0 Å². The van der Waals surface area contributed by atoms with E-state index in [9.17, 15) is 13.2 Å². The van der Waals surface area contributed by atoms with Crippen LogP contribution in [0.4, 0.5) is 0 Å². The third kappa shape index (κ3) is 3.28. The van der Waals surface area contributed by atoms with Gasteiger partial charge in [-0.25, -0.2) is 8.42 Å². The van der Waals surface area contributed by atoms with Crippen LogP contribution in [0.2, 0.25) is 0 Å². The fourth-order valence-corrected chi connectivity index (χ4v) is 4.98. The molecule has 0 bridgehead atoms. The van der Waals surface area contributed by atoms with Crippen LogP contribution < -0.4 is 4.72 Å². The molecule has 1 aliphatic rings. The van der Waals surface area contributed by atoms with Gasteiger partial charge in [0.15, 0.2) is 0 Å². The van der Waals surface area contributed by atoms with Crippen molar-refractivity contribution in [1.29, 1.82) is 0 Å². The van der Waals surface area contributed by atoms with E-state index in [1.165, 1.54) is 6.07 Å². The molecule has 0 aliphatic carbocycles. The van der Waals surface area contributed by atoms with Crippen molar-refractivity contribution in [2.75, 3.05) is 6.54 Å². The lowest BCUT2D eigenvalue weighted by molar-refractivity contribution is -0.135. The Hall–Kier alpha value is -1.58. The van der Waals surface area contributed by atoms with Crippen molar-refractivity contribution in [2.45, 2.75) is 50.1 Å². The zero-order valence-corrected chi connectivity index (χ0v) is 15.2. The summed E-state index contributed by atoms with van der Waals surface area (Å²) in [5, 5.41) is 0. The van der Waals surface area contributed by atoms with Gasteiger partial charge in [-0.15, -0.1) is 0 Å². The molecule has 130 valence electrons. The van der Waals surface area contributed by atoms with Crippen LogP contribution in [0.15, 0.2) is 23.1 Å². The number of likely N-dealkylation sites (tertiary alicyclic amines) is 1. The molecule has 7 nitrogen and oxygen atoms in total. The minimum Gasteiger partial charge on any atom is -0.339 e. The van der Waals surface area contributed by atoms with E-state index >= 15 is 0 Å². The summed E-state index contributed by atoms with van der Waals surface area (Å²) in [7, 11) is -3.85. The summed E-state index contributed by atoms with van der Waals surface area (Å²) in [5.74, 6) is -0.186. The van der Waals surface area contributed by atoms with Crippen LogP contribution in [-0.2, 0) is 14.8 Å². The Morgan fingerprint density at radius 2 is 2.17 bits per heavy atom. The average molecular weight is 368 g/mol. The third-order valence-electron chi connectivity index (χ3n) is 4.33. The number of nitrogens with zero attached hydrogens (tertiary/aromatic N) is 3. The SMILES string of the molecule is CC(NS(=O)(=O)c1cccc2nsnc12)C(=O)N1CCCCC1C. The van der Waals surface area contributed by atoms with Crippen molar-refractivity contribution >= 4 is 38.7 Å². The summed E-state index contributed by atoms with van der Waals surface area (Å²) in [4.78, 5) is 14.4. The zero-order valence-electron chi connectivity index (χ0n) is 13.6. The number of sulfonamides is 1. The summed E-state index contributed by atoms with van der Waals surface area (Å²) in [6.07, 6.45) is 3.01. The van der Waals surface area contributed by atoms with Gasteiger partial charge in [0, 0.05) is 12.6 Å². The smallest absolute Gasteiger partial charge is 0.243 e. The molecule has 1 saturated heterocycles. The molecule has 1 aromatic heterocycles. The monoisotopic (exact) mass is 368 g/mol. The highest BCUT2D eigenvalue weighted by atomic mass is 32.2. The molecule has 0 spiro atoms. The number of amides is 1. The van der Waals surface area contributed by atoms with Crippen molar-refractivity contribution in [3.63, 3.8) is 0 Å². The number of hydrogen-bond acceptors (Lipinski definition) is 6. The molecule has 1 aromatic carbocycles. The van der Waals surface area contributed by atoms with E-state index < -0.39 is 16.1 Å². The number of carbonyl (C=O) groups excluding carboxylic acids is 1. The lowest BCUT2D eigenvalue weighted by Crippen LogP contribution is -2.51. The van der Waals surface area contributed by atoms with E-state index in [-0.39, 0.29) is 16.8 Å². The van der Waals surface area contributed by atoms with Crippen molar-refractivity contribution in [1.82, 2.24) is 18.4 Å². The zero-order chi connectivity index (χ0) is 17.3. The van der Waals surface area contributed by atoms with Crippen LogP contribution >= 0.6 is 11.7 Å². The number of aromatic nitrogens is 2. The highest BCUT2D eigenvalue weighted by Crippen LogP contribution is 2.22. The Bertz CT molecular complexity index is 849. The second-order valence-electron chi connectivity index (χ2n) is 6.11. The highest BCUT2D eigenvalue weighted by Gasteiger charge is 2.30. The quantitative estimate of drug-likeness (QED) is 0.888. The van der Waals surface area contributed by atoms with Crippen LogP contribution in [0.1, 0.15) is 33.1 Å². The summed E-state index contributed by atoms with van der Waals surface area (Å²) < 4.78 is 36.0. The summed E-state index contributed by atoms with van der Waals surface area (Å²) in [6, 6.07) is 4.13. The largest absolute Gasteiger partial charge is 0.339 e. The van der Waals surface area contributed by atoms with Crippen molar-refractivity contribution < 1.29 is 13.2 Å². The van der Waals surface area contributed by atoms with Crippen molar-refractivity contribution in [3.05, 3.63) is 18.2 Å². The van der Waals surface area contributed by atoms with Gasteiger partial charge in [0.05, 0.1) is 17.8 Å². The maximum absolute atomic E-state index is 12.7. The molecule has 0 saturated carbocycles. The molecule has 2 aromatic rings. The molecule has 1 aliphatic heterocycles. The standard InChI is InChI=1S/C15H20N4O3S2/c1-10-6-3-4-9-19(10)15(20)11(2)18-24(21,22)13-8-5-7-12-14(13)17-23-16-12/h5,7-8,10-11,18H,3-4,6,9H2,1-2H3. The average Bonchev–Trinajstić information content (AvgIpc) is 3.02. The van der Waals surface area contributed by atoms with Crippen LogP contribution in [0.3, 0.4) is 0 Å². The molecule has 1 amide bonds. The molecule has 2 atom stereocenters. The van der Waals surface area contributed by atoms with E-state index in [0.29, 0.717) is 17.6 Å². The van der Waals surface area contributed by atoms with Gasteiger partial charge in [0.25, 0.3) is 0 Å². The Labute approximate surface area is 145 Å². The number of benzene rings is 1. The molecule has 24 heavy (non-hydrogen) atoms. The Kier molecular flexibility index (Phi) is 4.84. The molecule has 1 N–H and O–H groups in total. The first-order valence-corrected chi connectivity index (χ1v) is 10.2. The van der Waals surface area contributed by atoms with Crippen LogP contribution in [-0.4, -0.2) is 46.6 Å². The second-order valence-corrected chi connectivity index (χ2v) is 8.32. The molecular weight excluding hydrogens is 348 g/mol. The number of nitrogens with one attached hydrogen (secondary N) is 1. The molecule has 0 radical (unpaired) electrons. The number of hydrogen-bond donors (Lipinski definition) is 1. The topological polar surface area (TPSA) is 92.3 Å². The lowest BCUT2D eigenvalue weighted by atomic mass is 10.0. The second kappa shape index (κ2) is 6.73. The van der Waals surface area contributed by atoms with Gasteiger partial charge in [-0.3, -0.25) is 4.79 Å². The van der Waals surface area contributed by atoms with Gasteiger partial charge in [0.2, 0.25) is 15.9 Å². The first-order chi connectivity index (χ1) is 11.4. The van der Waals surface area contributed by atoms with Gasteiger partial charge < -0.3 is 4.90 Å². The Morgan fingerprint density at radius 1 is 1.38 bits per heavy atom. The Balaban J connectivity index is 1.81. The van der Waals surface area contributed by atoms with Gasteiger partial charge >= 0.3 is 0 Å². The van der Waals surface area contributed by atoms with Gasteiger partial charge in [-0.1, -0.05) is 6.07 Å². The predicted molar refractivity (Wildman–Crippen MR) is 92.2 cm³/mol. The fraction of sp³-hybridized carbons (Fsp3) is 0.533. The first kappa shape index (κ1) is 17.2. The van der Waals surface area contributed by atoms with Crippen LogP contribution in [0.25, 0.3) is 11.0 Å². The van der Waals surface area contributed by atoms with Crippen LogP contribution in [0.5, 0.6) is 0 Å². The minimum absolute atomic E-state index is 0.0556. The Morgan fingerprint density at radius 3 is 2.92 bits per heavy atom. The molecule has 9 heteroatoms. The van der Waals surface area contributed by atoms with Crippen molar-refractivity contribution in [3.8, 4) is 0 Å². The maximum atomic E-state index is 12.7. The van der Waals surface area contributed by atoms with E-state index in [2.05, 4.69) is 13.5 Å². The van der Waals surface area contributed by atoms with E-state index in [1.54, 1.807) is 24.0 Å².